The molecular weight excluding hydrogens is 202 g/mol. The molecule has 1 aliphatic rings. The molecule has 2 rings (SSSR count). The van der Waals surface area contributed by atoms with Crippen LogP contribution >= 0.6 is 0 Å². The van der Waals surface area contributed by atoms with Gasteiger partial charge in [0, 0.05) is 24.5 Å². The van der Waals surface area contributed by atoms with E-state index in [2.05, 4.69) is 9.55 Å². The van der Waals surface area contributed by atoms with Crippen LogP contribution in [-0.4, -0.2) is 26.8 Å². The molecule has 1 aliphatic carbocycles. The number of imidazole rings is 1. The molecule has 90 valence electrons. The normalized spacial score (nSPS) is 29.8. The number of aryl methyl sites for hydroxylation is 2. The highest BCUT2D eigenvalue weighted by atomic mass is 16.3. The Morgan fingerprint density at radius 1 is 1.69 bits per heavy atom. The minimum absolute atomic E-state index is 0.112. The molecule has 1 heterocycles. The van der Waals surface area contributed by atoms with E-state index in [0.29, 0.717) is 5.92 Å². The van der Waals surface area contributed by atoms with Crippen LogP contribution in [0.5, 0.6) is 0 Å². The number of aromatic nitrogens is 2. The molecule has 1 fully saturated rings. The third-order valence-corrected chi connectivity index (χ3v) is 3.94. The van der Waals surface area contributed by atoms with E-state index in [4.69, 9.17) is 5.73 Å². The SMILES string of the molecule is Cc1nccn1CCC1CCCC1(N)CO. The zero-order valence-corrected chi connectivity index (χ0v) is 9.89. The Morgan fingerprint density at radius 2 is 2.50 bits per heavy atom. The lowest BCUT2D eigenvalue weighted by atomic mass is 9.86. The second kappa shape index (κ2) is 4.55. The summed E-state index contributed by atoms with van der Waals surface area (Å²) in [6.07, 6.45) is 8.11. The van der Waals surface area contributed by atoms with Crippen LogP contribution in [0.4, 0.5) is 0 Å². The lowest BCUT2D eigenvalue weighted by molar-refractivity contribution is 0.152. The van der Waals surface area contributed by atoms with Crippen molar-refractivity contribution in [3.8, 4) is 0 Å². The van der Waals surface area contributed by atoms with E-state index < -0.39 is 0 Å². The zero-order valence-electron chi connectivity index (χ0n) is 9.89. The van der Waals surface area contributed by atoms with E-state index in [-0.39, 0.29) is 12.1 Å². The number of hydrogen-bond acceptors (Lipinski definition) is 3. The number of aliphatic hydroxyl groups is 1. The van der Waals surface area contributed by atoms with Crippen molar-refractivity contribution < 1.29 is 5.11 Å². The summed E-state index contributed by atoms with van der Waals surface area (Å²) in [5, 5.41) is 9.36. The van der Waals surface area contributed by atoms with Gasteiger partial charge in [-0.25, -0.2) is 4.98 Å². The Labute approximate surface area is 96.5 Å². The monoisotopic (exact) mass is 223 g/mol. The Kier molecular flexibility index (Phi) is 3.30. The van der Waals surface area contributed by atoms with Gasteiger partial charge in [-0.1, -0.05) is 6.42 Å². The number of hydrogen-bond donors (Lipinski definition) is 2. The number of aliphatic hydroxyl groups excluding tert-OH is 1. The van der Waals surface area contributed by atoms with Crippen LogP contribution < -0.4 is 5.73 Å². The van der Waals surface area contributed by atoms with E-state index >= 15 is 0 Å². The van der Waals surface area contributed by atoms with Gasteiger partial charge in [-0.3, -0.25) is 0 Å². The Balaban J connectivity index is 1.93. The fourth-order valence-electron chi connectivity index (χ4n) is 2.74. The molecule has 16 heavy (non-hydrogen) atoms. The van der Waals surface area contributed by atoms with Crippen LogP contribution in [-0.2, 0) is 6.54 Å². The van der Waals surface area contributed by atoms with Crippen LogP contribution in [0.25, 0.3) is 0 Å². The molecule has 2 atom stereocenters. The minimum atomic E-state index is -0.339. The lowest BCUT2D eigenvalue weighted by Gasteiger charge is -2.29. The van der Waals surface area contributed by atoms with Gasteiger partial charge in [-0.05, 0) is 32.1 Å². The highest BCUT2D eigenvalue weighted by Gasteiger charge is 2.38. The molecule has 0 amide bonds. The highest BCUT2D eigenvalue weighted by Crippen LogP contribution is 2.35. The molecule has 0 aromatic carbocycles. The number of nitrogens with two attached hydrogens (primary N) is 1. The molecule has 4 heteroatoms. The van der Waals surface area contributed by atoms with Crippen molar-refractivity contribution in [2.75, 3.05) is 6.61 Å². The van der Waals surface area contributed by atoms with Gasteiger partial charge in [0.1, 0.15) is 5.82 Å². The maximum absolute atomic E-state index is 9.36. The average molecular weight is 223 g/mol. The van der Waals surface area contributed by atoms with Crippen molar-refractivity contribution in [3.05, 3.63) is 18.2 Å². The Morgan fingerprint density at radius 3 is 3.12 bits per heavy atom. The standard InChI is InChI=1S/C12H21N3O/c1-10-14-6-8-15(10)7-4-11-3-2-5-12(11,13)9-16/h6,8,11,16H,2-5,7,9,13H2,1H3. The highest BCUT2D eigenvalue weighted by molar-refractivity contribution is 4.97. The first-order valence-electron chi connectivity index (χ1n) is 6.03. The van der Waals surface area contributed by atoms with Crippen LogP contribution in [0.2, 0.25) is 0 Å². The maximum Gasteiger partial charge on any atom is 0.105 e. The number of nitrogens with zero attached hydrogens (tertiary/aromatic N) is 2. The first-order valence-corrected chi connectivity index (χ1v) is 6.03. The summed E-state index contributed by atoms with van der Waals surface area (Å²) in [7, 11) is 0. The van der Waals surface area contributed by atoms with E-state index in [0.717, 1.165) is 38.1 Å². The van der Waals surface area contributed by atoms with Gasteiger partial charge >= 0.3 is 0 Å². The molecule has 3 N–H and O–H groups in total. The summed E-state index contributed by atoms with van der Waals surface area (Å²) in [5.74, 6) is 1.49. The van der Waals surface area contributed by atoms with Gasteiger partial charge in [0.2, 0.25) is 0 Å². The molecule has 0 saturated heterocycles. The minimum Gasteiger partial charge on any atom is -0.394 e. The second-order valence-corrected chi connectivity index (χ2v) is 4.94. The molecule has 0 bridgehead atoms. The third kappa shape index (κ3) is 2.13. The van der Waals surface area contributed by atoms with Crippen molar-refractivity contribution in [2.24, 2.45) is 11.7 Å². The largest absolute Gasteiger partial charge is 0.394 e. The lowest BCUT2D eigenvalue weighted by Crippen LogP contribution is -2.47. The van der Waals surface area contributed by atoms with Crippen molar-refractivity contribution in [2.45, 2.75) is 44.7 Å². The number of rotatable bonds is 4. The Hall–Kier alpha value is -0.870. The zero-order chi connectivity index (χ0) is 11.6. The molecule has 1 saturated carbocycles. The second-order valence-electron chi connectivity index (χ2n) is 4.94. The molecule has 1 aromatic rings. The summed E-state index contributed by atoms with van der Waals surface area (Å²) in [6.45, 7) is 3.08. The molecule has 1 aromatic heterocycles. The molecule has 0 spiro atoms. The van der Waals surface area contributed by atoms with Crippen LogP contribution in [0.15, 0.2) is 12.4 Å². The smallest absolute Gasteiger partial charge is 0.105 e. The van der Waals surface area contributed by atoms with Crippen LogP contribution in [0, 0.1) is 12.8 Å². The van der Waals surface area contributed by atoms with Crippen LogP contribution in [0.1, 0.15) is 31.5 Å². The molecule has 4 nitrogen and oxygen atoms in total. The predicted molar refractivity (Wildman–Crippen MR) is 62.9 cm³/mol. The summed E-state index contributed by atoms with van der Waals surface area (Å²) >= 11 is 0. The first-order chi connectivity index (χ1) is 7.65. The average Bonchev–Trinajstić information content (AvgIpc) is 2.83. The predicted octanol–water partition coefficient (Wildman–Crippen LogP) is 1.07. The summed E-state index contributed by atoms with van der Waals surface area (Å²) < 4.78 is 2.15. The van der Waals surface area contributed by atoms with Gasteiger partial charge in [0.25, 0.3) is 0 Å². The summed E-state index contributed by atoms with van der Waals surface area (Å²) in [6, 6.07) is 0. The first kappa shape index (κ1) is 11.6. The van der Waals surface area contributed by atoms with E-state index in [9.17, 15) is 5.11 Å². The maximum atomic E-state index is 9.36. The summed E-state index contributed by atoms with van der Waals surface area (Å²) in [4.78, 5) is 4.20. The van der Waals surface area contributed by atoms with Gasteiger partial charge in [-0.2, -0.15) is 0 Å². The fraction of sp³-hybridized carbons (Fsp3) is 0.750. The molecule has 0 aliphatic heterocycles. The Bertz CT molecular complexity index is 350. The van der Waals surface area contributed by atoms with Crippen molar-refractivity contribution in [3.63, 3.8) is 0 Å². The van der Waals surface area contributed by atoms with Crippen molar-refractivity contribution >= 4 is 0 Å². The van der Waals surface area contributed by atoms with Gasteiger partial charge in [0.05, 0.1) is 6.61 Å². The van der Waals surface area contributed by atoms with E-state index in [1.807, 2.05) is 19.3 Å². The fourth-order valence-corrected chi connectivity index (χ4v) is 2.74. The molecular formula is C12H21N3O. The van der Waals surface area contributed by atoms with Crippen LogP contribution in [0.3, 0.4) is 0 Å². The van der Waals surface area contributed by atoms with Gasteiger partial charge < -0.3 is 15.4 Å². The van der Waals surface area contributed by atoms with E-state index in [1.54, 1.807) is 0 Å². The van der Waals surface area contributed by atoms with Crippen molar-refractivity contribution in [1.82, 2.24) is 9.55 Å². The topological polar surface area (TPSA) is 64.1 Å². The van der Waals surface area contributed by atoms with E-state index in [1.165, 1.54) is 0 Å². The van der Waals surface area contributed by atoms with Crippen molar-refractivity contribution in [1.29, 1.82) is 0 Å². The molecule has 2 unspecified atom stereocenters. The van der Waals surface area contributed by atoms with Gasteiger partial charge in [0.15, 0.2) is 0 Å². The quantitative estimate of drug-likeness (QED) is 0.802. The molecule has 0 radical (unpaired) electrons. The third-order valence-electron chi connectivity index (χ3n) is 3.94. The van der Waals surface area contributed by atoms with Gasteiger partial charge in [-0.15, -0.1) is 0 Å². The summed E-state index contributed by atoms with van der Waals surface area (Å²) in [5.41, 5.74) is 5.87.